The molecule has 0 aromatic heterocycles. The van der Waals surface area contributed by atoms with Crippen molar-refractivity contribution in [1.82, 2.24) is 0 Å². The van der Waals surface area contributed by atoms with Crippen LogP contribution >= 0.6 is 0 Å². The van der Waals surface area contributed by atoms with E-state index in [9.17, 15) is 4.79 Å². The van der Waals surface area contributed by atoms with E-state index in [0.717, 1.165) is 5.57 Å². The highest BCUT2D eigenvalue weighted by atomic mass is 16.5. The van der Waals surface area contributed by atoms with Crippen LogP contribution in [0.25, 0.3) is 0 Å². The predicted octanol–water partition coefficient (Wildman–Crippen LogP) is 0.878. The minimum atomic E-state index is -0.421. The number of carbonyl (C=O) groups is 1. The first-order chi connectivity index (χ1) is 5.13. The van der Waals surface area contributed by atoms with Gasteiger partial charge in [-0.05, 0) is 20.8 Å². The monoisotopic (exact) mass is 158 g/mol. The maximum absolute atomic E-state index is 11.0. The van der Waals surface area contributed by atoms with Crippen LogP contribution < -0.4 is 0 Å². The molecule has 3 nitrogen and oxygen atoms in total. The van der Waals surface area contributed by atoms with Gasteiger partial charge in [-0.2, -0.15) is 0 Å². The van der Waals surface area contributed by atoms with Gasteiger partial charge in [0, 0.05) is 0 Å². The lowest BCUT2D eigenvalue weighted by molar-refractivity contribution is -0.139. The van der Waals surface area contributed by atoms with Gasteiger partial charge in [0.2, 0.25) is 0 Å². The van der Waals surface area contributed by atoms with Crippen LogP contribution in [0.5, 0.6) is 0 Å². The fourth-order valence-electron chi connectivity index (χ4n) is 0.645. The Balaban J connectivity index is 4.28. The van der Waals surface area contributed by atoms with Crippen LogP contribution in [-0.2, 0) is 9.53 Å². The van der Waals surface area contributed by atoms with Crippen LogP contribution in [0.15, 0.2) is 11.1 Å². The van der Waals surface area contributed by atoms with Crippen molar-refractivity contribution in [2.45, 2.75) is 20.8 Å². The number of carbonyl (C=O) groups excluding carboxylic acids is 1. The Bertz CT molecular complexity index is 166. The van der Waals surface area contributed by atoms with Crippen LogP contribution in [0.3, 0.4) is 0 Å². The van der Waals surface area contributed by atoms with E-state index in [2.05, 4.69) is 0 Å². The highest BCUT2D eigenvalue weighted by Crippen LogP contribution is 2.04. The number of aliphatic hydroxyl groups excluding tert-OH is 1. The molecule has 0 amide bonds. The van der Waals surface area contributed by atoms with Crippen LogP contribution in [0.1, 0.15) is 20.8 Å². The van der Waals surface area contributed by atoms with Crippen LogP contribution in [0.2, 0.25) is 0 Å². The number of esters is 1. The third kappa shape index (κ3) is 3.18. The summed E-state index contributed by atoms with van der Waals surface area (Å²) in [5.74, 6) is -0.421. The molecule has 3 heteroatoms. The Morgan fingerprint density at radius 2 is 2.00 bits per heavy atom. The zero-order valence-corrected chi connectivity index (χ0v) is 7.18. The zero-order chi connectivity index (χ0) is 8.85. The van der Waals surface area contributed by atoms with Crippen molar-refractivity contribution in [2.75, 3.05) is 13.2 Å². The summed E-state index contributed by atoms with van der Waals surface area (Å²) < 4.78 is 4.70. The summed E-state index contributed by atoms with van der Waals surface area (Å²) in [7, 11) is 0. The maximum atomic E-state index is 11.0. The summed E-state index contributed by atoms with van der Waals surface area (Å²) in [6, 6.07) is 0. The molecule has 0 aromatic rings. The standard InChI is InChI=1S/C8H14O3/c1-4-11-8(10)7(5-9)6(2)3/h9H,4-5H2,1-3H3. The van der Waals surface area contributed by atoms with Crippen molar-refractivity contribution < 1.29 is 14.6 Å². The third-order valence-corrected chi connectivity index (χ3v) is 1.28. The maximum Gasteiger partial charge on any atom is 0.336 e. The molecule has 0 bridgehead atoms. The second-order valence-electron chi connectivity index (χ2n) is 2.36. The summed E-state index contributed by atoms with van der Waals surface area (Å²) in [5, 5.41) is 8.73. The minimum absolute atomic E-state index is 0.249. The molecule has 0 saturated carbocycles. The highest BCUT2D eigenvalue weighted by molar-refractivity contribution is 5.89. The van der Waals surface area contributed by atoms with Crippen molar-refractivity contribution >= 4 is 5.97 Å². The van der Waals surface area contributed by atoms with Crippen molar-refractivity contribution in [1.29, 1.82) is 0 Å². The fourth-order valence-corrected chi connectivity index (χ4v) is 0.645. The second-order valence-corrected chi connectivity index (χ2v) is 2.36. The molecule has 0 spiro atoms. The number of hydrogen-bond donors (Lipinski definition) is 1. The molecule has 0 saturated heterocycles. The van der Waals surface area contributed by atoms with E-state index in [1.807, 2.05) is 0 Å². The lowest BCUT2D eigenvalue weighted by Crippen LogP contribution is -2.11. The van der Waals surface area contributed by atoms with Crippen molar-refractivity contribution in [3.05, 3.63) is 11.1 Å². The molecular weight excluding hydrogens is 144 g/mol. The van der Waals surface area contributed by atoms with Crippen molar-refractivity contribution in [3.8, 4) is 0 Å². The van der Waals surface area contributed by atoms with Gasteiger partial charge in [0.25, 0.3) is 0 Å². The quantitative estimate of drug-likeness (QED) is 0.490. The molecule has 0 heterocycles. The number of ether oxygens (including phenoxy) is 1. The second kappa shape index (κ2) is 4.91. The Kier molecular flexibility index (Phi) is 4.54. The van der Waals surface area contributed by atoms with Gasteiger partial charge in [-0.1, -0.05) is 5.57 Å². The molecule has 64 valence electrons. The molecular formula is C8H14O3. The highest BCUT2D eigenvalue weighted by Gasteiger charge is 2.09. The van der Waals surface area contributed by atoms with Crippen LogP contribution in [0, 0.1) is 0 Å². The fraction of sp³-hybridized carbons (Fsp3) is 0.625. The lowest BCUT2D eigenvalue weighted by atomic mass is 10.2. The zero-order valence-electron chi connectivity index (χ0n) is 7.18. The van der Waals surface area contributed by atoms with Crippen molar-refractivity contribution in [2.24, 2.45) is 0 Å². The van der Waals surface area contributed by atoms with Crippen LogP contribution in [0.4, 0.5) is 0 Å². The minimum Gasteiger partial charge on any atom is -0.463 e. The Labute approximate surface area is 66.7 Å². The smallest absolute Gasteiger partial charge is 0.336 e. The molecule has 0 aliphatic rings. The Morgan fingerprint density at radius 3 is 2.27 bits per heavy atom. The molecule has 0 fully saturated rings. The topological polar surface area (TPSA) is 46.5 Å². The molecule has 0 aliphatic carbocycles. The van der Waals surface area contributed by atoms with E-state index in [4.69, 9.17) is 9.84 Å². The third-order valence-electron chi connectivity index (χ3n) is 1.28. The van der Waals surface area contributed by atoms with Gasteiger partial charge in [0.1, 0.15) is 0 Å². The van der Waals surface area contributed by atoms with E-state index >= 15 is 0 Å². The molecule has 0 unspecified atom stereocenters. The first-order valence-electron chi connectivity index (χ1n) is 3.57. The average Bonchev–Trinajstić information content (AvgIpc) is 1.88. The summed E-state index contributed by atoms with van der Waals surface area (Å²) in [4.78, 5) is 11.0. The van der Waals surface area contributed by atoms with E-state index < -0.39 is 5.97 Å². The number of rotatable bonds is 3. The van der Waals surface area contributed by atoms with E-state index in [1.54, 1.807) is 20.8 Å². The summed E-state index contributed by atoms with van der Waals surface area (Å²) in [6.45, 7) is 5.36. The van der Waals surface area contributed by atoms with Gasteiger partial charge in [-0.3, -0.25) is 0 Å². The number of aliphatic hydroxyl groups is 1. The molecule has 1 N–H and O–H groups in total. The summed E-state index contributed by atoms with van der Waals surface area (Å²) >= 11 is 0. The van der Waals surface area contributed by atoms with Gasteiger partial charge in [0.05, 0.1) is 18.8 Å². The normalized spacial score (nSPS) is 9.09. The molecule has 0 rings (SSSR count). The van der Waals surface area contributed by atoms with Crippen LogP contribution in [-0.4, -0.2) is 24.3 Å². The lowest BCUT2D eigenvalue weighted by Gasteiger charge is -2.04. The van der Waals surface area contributed by atoms with Gasteiger partial charge in [0.15, 0.2) is 0 Å². The Morgan fingerprint density at radius 1 is 1.45 bits per heavy atom. The summed E-state index contributed by atoms with van der Waals surface area (Å²) in [5.41, 5.74) is 1.15. The number of allylic oxidation sites excluding steroid dienone is 1. The number of hydrogen-bond acceptors (Lipinski definition) is 3. The molecule has 0 aliphatic heterocycles. The van der Waals surface area contributed by atoms with Gasteiger partial charge < -0.3 is 9.84 Å². The first-order valence-corrected chi connectivity index (χ1v) is 3.57. The Hall–Kier alpha value is -0.830. The van der Waals surface area contributed by atoms with E-state index in [0.29, 0.717) is 12.2 Å². The van der Waals surface area contributed by atoms with Gasteiger partial charge in [-0.15, -0.1) is 0 Å². The molecule has 11 heavy (non-hydrogen) atoms. The largest absolute Gasteiger partial charge is 0.463 e. The SMILES string of the molecule is CCOC(=O)C(CO)=C(C)C. The van der Waals surface area contributed by atoms with Gasteiger partial charge in [-0.25, -0.2) is 4.79 Å². The molecule has 0 aromatic carbocycles. The van der Waals surface area contributed by atoms with E-state index in [-0.39, 0.29) is 6.61 Å². The average molecular weight is 158 g/mol. The molecule has 0 atom stereocenters. The first kappa shape index (κ1) is 10.2. The summed E-state index contributed by atoms with van der Waals surface area (Å²) in [6.07, 6.45) is 0. The van der Waals surface area contributed by atoms with Crippen molar-refractivity contribution in [3.63, 3.8) is 0 Å². The van der Waals surface area contributed by atoms with Gasteiger partial charge >= 0.3 is 5.97 Å². The van der Waals surface area contributed by atoms with E-state index in [1.165, 1.54) is 0 Å². The predicted molar refractivity (Wildman–Crippen MR) is 42.1 cm³/mol. The molecule has 0 radical (unpaired) electrons.